The number of aromatic nitrogens is 5. The molecule has 0 spiro atoms. The first-order valence-electron chi connectivity index (χ1n) is 31.7. The number of hydrogen-bond acceptors (Lipinski definition) is 24. The second-order valence-corrected chi connectivity index (χ2v) is 23.8. The highest BCUT2D eigenvalue weighted by Gasteiger charge is 2.60. The Bertz CT molecular complexity index is 3740. The smallest absolute Gasteiger partial charge is 0.351 e. The van der Waals surface area contributed by atoms with E-state index in [4.69, 9.17) is 26.7 Å². The molecule has 100 heavy (non-hydrogen) atoms. The summed E-state index contributed by atoms with van der Waals surface area (Å²) in [5.41, 5.74) is 17.5. The number of nitrogens with one attached hydrogen (secondary N) is 8. The number of esters is 1. The molecule has 7 rings (SSSR count). The van der Waals surface area contributed by atoms with Crippen LogP contribution < -0.4 is 65.4 Å². The van der Waals surface area contributed by atoms with Crippen LogP contribution in [0.3, 0.4) is 0 Å². The zero-order chi connectivity index (χ0) is 72.8. The van der Waals surface area contributed by atoms with Crippen molar-refractivity contribution in [2.45, 2.75) is 156 Å². The van der Waals surface area contributed by atoms with Crippen molar-refractivity contribution in [1.82, 2.24) is 67.1 Å². The second-order valence-electron chi connectivity index (χ2n) is 23.8. The zero-order valence-electron chi connectivity index (χ0n) is 53.7. The number of benzene rings is 3. The van der Waals surface area contributed by atoms with Crippen molar-refractivity contribution in [1.29, 1.82) is 0 Å². The topological polar surface area (TPSA) is 550 Å². The van der Waals surface area contributed by atoms with Crippen molar-refractivity contribution in [3.8, 4) is 17.2 Å². The number of unbranched alkanes of at least 4 members (excludes halogenated alkanes) is 1. The molecule has 2 bridgehead atoms. The number of amides is 9. The van der Waals surface area contributed by atoms with E-state index in [9.17, 15) is 92.2 Å². The lowest BCUT2D eigenvalue weighted by atomic mass is 10.0. The minimum atomic E-state index is -4.01. The Morgan fingerprint density at radius 3 is 1.70 bits per heavy atom. The Kier molecular flexibility index (Phi) is 27.7. The van der Waals surface area contributed by atoms with Crippen LogP contribution in [0.25, 0.3) is 0 Å². The third kappa shape index (κ3) is 22.4. The Labute approximate surface area is 568 Å². The molecular weight excluding hydrogens is 1320 g/mol. The largest absolute Gasteiger partial charge is 0.508 e. The molecule has 4 heterocycles. The number of phenolic OH excluding ortho intramolecular Hbond substituents is 3. The van der Waals surface area contributed by atoms with E-state index in [-0.39, 0.29) is 99.6 Å². The van der Waals surface area contributed by atoms with Crippen LogP contribution in [0, 0.1) is 0 Å². The average Bonchev–Trinajstić information content (AvgIpc) is 1.61. The van der Waals surface area contributed by atoms with Crippen molar-refractivity contribution in [2.24, 2.45) is 11.5 Å². The molecule has 0 radical (unpaired) electrons. The van der Waals surface area contributed by atoms with Gasteiger partial charge in [0.15, 0.2) is 6.10 Å². The van der Waals surface area contributed by atoms with Gasteiger partial charge in [0, 0.05) is 57.6 Å². The van der Waals surface area contributed by atoms with E-state index in [0.29, 0.717) is 21.3 Å². The van der Waals surface area contributed by atoms with Crippen molar-refractivity contribution in [3.63, 3.8) is 0 Å². The highest BCUT2D eigenvalue weighted by Crippen LogP contribution is 2.42. The van der Waals surface area contributed by atoms with E-state index in [1.807, 2.05) is 0 Å². The maximum atomic E-state index is 14.9. The number of anilines is 1. The molecule has 1 saturated heterocycles. The Morgan fingerprint density at radius 2 is 1.19 bits per heavy atom. The highest BCUT2D eigenvalue weighted by molar-refractivity contribution is 5.98. The second kappa shape index (κ2) is 36.2. The first-order chi connectivity index (χ1) is 47.6. The zero-order valence-corrected chi connectivity index (χ0v) is 53.7. The van der Waals surface area contributed by atoms with Gasteiger partial charge in [-0.3, -0.25) is 57.2 Å². The van der Waals surface area contributed by atoms with Crippen molar-refractivity contribution >= 4 is 65.0 Å². The summed E-state index contributed by atoms with van der Waals surface area (Å²) in [5.74, 6) is -14.6. The fourth-order valence-electron chi connectivity index (χ4n) is 10.5. The van der Waals surface area contributed by atoms with Crippen LogP contribution in [0.15, 0.2) is 96.1 Å². The lowest BCUT2D eigenvalue weighted by Crippen LogP contribution is -2.61. The summed E-state index contributed by atoms with van der Waals surface area (Å²) < 4.78 is 41.8. The van der Waals surface area contributed by atoms with Crippen LogP contribution in [-0.4, -0.2) is 207 Å². The molecule has 2 aliphatic rings. The maximum absolute atomic E-state index is 14.9. The van der Waals surface area contributed by atoms with Gasteiger partial charge in [-0.1, -0.05) is 41.6 Å². The van der Waals surface area contributed by atoms with Crippen molar-refractivity contribution < 1.29 is 96.8 Å². The van der Waals surface area contributed by atoms with Gasteiger partial charge in [0.25, 0.3) is 0 Å². The van der Waals surface area contributed by atoms with E-state index >= 15 is 0 Å². The van der Waals surface area contributed by atoms with Crippen molar-refractivity contribution in [2.75, 3.05) is 32.1 Å². The van der Waals surface area contributed by atoms with Gasteiger partial charge in [-0.15, -0.1) is 5.10 Å². The van der Waals surface area contributed by atoms with E-state index in [0.717, 1.165) is 12.3 Å². The number of rotatable bonds is 22. The Morgan fingerprint density at radius 1 is 0.690 bits per heavy atom. The molecule has 1 fully saturated rings. The fraction of sp³-hybridized carbons (Fsp3) is 0.460. The van der Waals surface area contributed by atoms with Crippen LogP contribution in [0.2, 0.25) is 0 Å². The monoisotopic (exact) mass is 1400 g/mol. The first kappa shape index (κ1) is 76.6. The summed E-state index contributed by atoms with van der Waals surface area (Å²) in [6, 6.07) is 4.63. The Balaban J connectivity index is 1.05. The number of halogens is 2. The van der Waals surface area contributed by atoms with Gasteiger partial charge in [-0.05, 0) is 97.7 Å². The van der Waals surface area contributed by atoms with Crippen LogP contribution >= 0.6 is 0 Å². The highest BCUT2D eigenvalue weighted by atomic mass is 19.3. The lowest BCUT2D eigenvalue weighted by Gasteiger charge is -2.27. The molecular formula is C63H80F2N16O19. The summed E-state index contributed by atoms with van der Waals surface area (Å²) in [7, 11) is 0. The fourth-order valence-corrected chi connectivity index (χ4v) is 10.5. The number of aromatic hydroxyl groups is 3. The molecule has 20 N–H and O–H groups in total. The minimum absolute atomic E-state index is 0.0243. The first-order valence-corrected chi connectivity index (χ1v) is 31.7. The number of nitrogen functional groups attached to an aromatic ring is 1. The van der Waals surface area contributed by atoms with E-state index < -0.39 is 177 Å². The number of nitrogens with two attached hydrogens (primary N) is 3. The van der Waals surface area contributed by atoms with Gasteiger partial charge in [0.05, 0.1) is 31.4 Å². The van der Waals surface area contributed by atoms with E-state index in [1.54, 1.807) is 0 Å². The average molecular weight is 1400 g/mol. The standard InChI is InChI=1S/C63H80F2N16O19/c64-63(65)52(89)48(100-61(63)81-24-21-49(67)77-62(81)98)32-99-51(88)20-19-50(87)69-22-3-1-5-40(66)54(91)71-45-28-36-29-80(79-78-36)23-4-2-6-41(53(68)90)70-59(96)46(30-82)75-56(93)43(26-34-9-15-38(85)16-10-34)72-55(92)42(25-33-7-13-37(84)14-8-33)74-60(97)47(31-83)76-57(94)44(73-58(45)95)27-35-11-17-39(86)18-12-35/h7-18,21,24,29,40-48,52,61,82-86,89H,1-6,19-20,22-23,25-28,30-32,66H2,(H2,68,90)(H,69,87)(H,70,96)(H,71,91)(H,72,92)(H,73,95)(H,74,97)(H,75,93)(H,76,94)(H2,67,77,98)/t40?,41?,42?,43?,44?,45?,46?,47?,48-,52-,61-/m1/s1. The SMILES string of the molecule is NC(=O)C1CCCCn2cc(nn2)CC(NC(=O)C(N)CCCCNC(=O)CCC(=O)OC[C@H]2O[C@@H](n3ccc(N)nc3=O)C(F)(F)[C@@H]2O)C(=O)NC(Cc2ccc(O)cc2)C(=O)NC(CO)C(=O)NC(Cc2ccc(O)cc2)C(=O)NC(Cc2ccc(O)cc2)C(=O)NC(CO)C(=O)N1. The molecule has 8 unspecified atom stereocenters. The summed E-state index contributed by atoms with van der Waals surface area (Å²) in [5, 5.41) is 89.9. The molecule has 0 saturated carbocycles. The number of phenols is 3. The molecule has 37 heteroatoms. The number of nitrogens with zero attached hydrogens (tertiary/aromatic N) is 5. The normalized spacial score (nSPS) is 23.2. The van der Waals surface area contributed by atoms with Crippen LogP contribution in [-0.2, 0) is 89.6 Å². The third-order valence-corrected chi connectivity index (χ3v) is 16.1. The van der Waals surface area contributed by atoms with Crippen LogP contribution in [0.1, 0.15) is 80.0 Å². The molecule has 2 aromatic heterocycles. The molecule has 9 amide bonds. The lowest BCUT2D eigenvalue weighted by molar-refractivity contribution is -0.151. The summed E-state index contributed by atoms with van der Waals surface area (Å²) in [6.07, 6.45) is -5.68. The summed E-state index contributed by atoms with van der Waals surface area (Å²) in [4.78, 5) is 153. The number of hydrogen-bond donors (Lipinski definition) is 17. The molecule has 3 aromatic carbocycles. The summed E-state index contributed by atoms with van der Waals surface area (Å²) >= 11 is 0. The maximum Gasteiger partial charge on any atom is 0.351 e. The number of primary amides is 1. The molecule has 0 aliphatic carbocycles. The predicted molar refractivity (Wildman–Crippen MR) is 343 cm³/mol. The van der Waals surface area contributed by atoms with Gasteiger partial charge in [0.1, 0.15) is 78.1 Å². The van der Waals surface area contributed by atoms with E-state index in [2.05, 4.69) is 57.8 Å². The van der Waals surface area contributed by atoms with Gasteiger partial charge >= 0.3 is 17.6 Å². The van der Waals surface area contributed by atoms with Crippen LogP contribution in [0.5, 0.6) is 17.2 Å². The number of aliphatic hydroxyl groups is 3. The number of alkyl halides is 2. The van der Waals surface area contributed by atoms with Crippen LogP contribution in [0.4, 0.5) is 14.6 Å². The molecule has 35 nitrogen and oxygen atoms in total. The summed E-state index contributed by atoms with van der Waals surface area (Å²) in [6.45, 7) is -2.83. The van der Waals surface area contributed by atoms with Gasteiger partial charge < -0.3 is 99.8 Å². The number of carbonyl (C=O) groups excluding carboxylic acids is 10. The number of ether oxygens (including phenoxy) is 2. The van der Waals surface area contributed by atoms with E-state index in [1.165, 1.54) is 83.7 Å². The molecule has 2 aliphatic heterocycles. The van der Waals surface area contributed by atoms with Gasteiger partial charge in [0.2, 0.25) is 59.4 Å². The Hall–Kier alpha value is -10.8. The molecule has 5 aromatic rings. The van der Waals surface area contributed by atoms with Gasteiger partial charge in [-0.2, -0.15) is 13.8 Å². The third-order valence-electron chi connectivity index (χ3n) is 16.1. The minimum Gasteiger partial charge on any atom is -0.508 e. The van der Waals surface area contributed by atoms with Crippen molar-refractivity contribution in [3.05, 3.63) is 124 Å². The number of carbonyl (C=O) groups is 10. The molecule has 11 atom stereocenters. The number of aliphatic hydroxyl groups excluding tert-OH is 3. The van der Waals surface area contributed by atoms with Gasteiger partial charge in [-0.25, -0.2) is 4.79 Å². The molecule has 540 valence electrons. The number of aryl methyl sites for hydroxylation is 1. The number of fused-ring (bicyclic) bond motifs is 2. The predicted octanol–water partition coefficient (Wildman–Crippen LogP) is -4.62. The quantitative estimate of drug-likeness (QED) is 0.0229.